The van der Waals surface area contributed by atoms with Gasteiger partial charge in [-0.2, -0.15) is 0 Å². The molecule has 7 nitrogen and oxygen atoms in total. The van der Waals surface area contributed by atoms with Crippen LogP contribution in [0, 0.1) is 0 Å². The number of aliphatic hydroxyl groups is 1. The molecule has 1 aliphatic heterocycles. The van der Waals surface area contributed by atoms with Crippen LogP contribution in [-0.4, -0.2) is 64.6 Å². The number of hydrogen-bond donors (Lipinski definition) is 3. The number of aliphatic carboxylic acids is 1. The Hall–Kier alpha value is -1.34. The Balaban J connectivity index is 2.97. The topological polar surface area (TPSA) is 99.1 Å². The van der Waals surface area contributed by atoms with E-state index >= 15 is 0 Å². The average Bonchev–Trinajstić information content (AvgIpc) is 2.34. The predicted octanol–water partition coefficient (Wildman–Crippen LogP) is 0.423. The van der Waals surface area contributed by atoms with Gasteiger partial charge in [-0.05, 0) is 46.7 Å². The molecule has 0 unspecified atom stereocenters. The zero-order valence-electron chi connectivity index (χ0n) is 12.3. The van der Waals surface area contributed by atoms with Crippen molar-refractivity contribution in [2.45, 2.75) is 44.8 Å². The van der Waals surface area contributed by atoms with Crippen LogP contribution < -0.4 is 5.32 Å². The Morgan fingerprint density at radius 1 is 1.30 bits per heavy atom. The van der Waals surface area contributed by atoms with E-state index in [-0.39, 0.29) is 6.61 Å². The van der Waals surface area contributed by atoms with E-state index in [2.05, 4.69) is 5.32 Å². The van der Waals surface area contributed by atoms with Gasteiger partial charge < -0.3 is 20.3 Å². The lowest BCUT2D eigenvalue weighted by molar-refractivity contribution is -0.141. The van der Waals surface area contributed by atoms with Crippen molar-refractivity contribution < 1.29 is 24.5 Å². The Morgan fingerprint density at radius 2 is 1.85 bits per heavy atom. The van der Waals surface area contributed by atoms with E-state index in [0.29, 0.717) is 25.9 Å². The second-order valence-corrected chi connectivity index (χ2v) is 6.09. The van der Waals surface area contributed by atoms with Crippen molar-refractivity contribution in [1.29, 1.82) is 0 Å². The van der Waals surface area contributed by atoms with Gasteiger partial charge in [0.1, 0.15) is 12.1 Å². The van der Waals surface area contributed by atoms with Crippen molar-refractivity contribution in [3.05, 3.63) is 0 Å². The summed E-state index contributed by atoms with van der Waals surface area (Å²) in [5.41, 5.74) is -1.58. The van der Waals surface area contributed by atoms with Gasteiger partial charge in [0.2, 0.25) is 0 Å². The second-order valence-electron chi connectivity index (χ2n) is 6.09. The highest BCUT2D eigenvalue weighted by molar-refractivity contribution is 5.77. The molecule has 1 fully saturated rings. The maximum Gasteiger partial charge on any atom is 0.411 e. The van der Waals surface area contributed by atoms with Gasteiger partial charge in [0.15, 0.2) is 0 Å². The Labute approximate surface area is 118 Å². The normalized spacial score (nSPS) is 18.4. The lowest BCUT2D eigenvalue weighted by Crippen LogP contribution is -2.61. The van der Waals surface area contributed by atoms with E-state index in [9.17, 15) is 14.7 Å². The number of amides is 1. The molecule has 1 heterocycles. The summed E-state index contributed by atoms with van der Waals surface area (Å²) in [5, 5.41) is 21.9. The highest BCUT2D eigenvalue weighted by Crippen LogP contribution is 2.27. The Morgan fingerprint density at radius 3 is 2.25 bits per heavy atom. The average molecular weight is 288 g/mol. The number of aliphatic hydroxyl groups excluding tert-OH is 1. The summed E-state index contributed by atoms with van der Waals surface area (Å²) in [6.07, 6.45) is 0.294. The van der Waals surface area contributed by atoms with E-state index in [0.717, 1.165) is 4.90 Å². The quantitative estimate of drug-likeness (QED) is 0.693. The maximum atomic E-state index is 12.3. The third kappa shape index (κ3) is 4.35. The molecule has 0 radical (unpaired) electrons. The fraction of sp³-hybridized carbons (Fsp3) is 0.846. The molecule has 1 aliphatic rings. The number of ether oxygens (including phenoxy) is 1. The molecule has 0 aromatic rings. The zero-order valence-corrected chi connectivity index (χ0v) is 12.3. The molecule has 20 heavy (non-hydrogen) atoms. The summed E-state index contributed by atoms with van der Waals surface area (Å²) >= 11 is 0. The molecule has 0 aromatic carbocycles. The zero-order chi connectivity index (χ0) is 15.4. The van der Waals surface area contributed by atoms with Crippen LogP contribution in [0.1, 0.15) is 33.6 Å². The molecule has 0 saturated carbocycles. The summed E-state index contributed by atoms with van der Waals surface area (Å²) in [6.45, 7) is 5.66. The SMILES string of the molecule is CC(C)(C)OC(=O)N(CC(=O)O)C1(CO)CCNCC1. The number of piperidine rings is 1. The molecule has 1 amide bonds. The summed E-state index contributed by atoms with van der Waals surface area (Å²) in [7, 11) is 0. The molecule has 116 valence electrons. The monoisotopic (exact) mass is 288 g/mol. The minimum atomic E-state index is -1.12. The number of nitrogens with zero attached hydrogens (tertiary/aromatic N) is 1. The predicted molar refractivity (Wildman–Crippen MR) is 72.5 cm³/mol. The molecule has 0 bridgehead atoms. The molecule has 1 rings (SSSR count). The molecule has 3 N–H and O–H groups in total. The number of carboxylic acid groups (broad SMARTS) is 1. The minimum Gasteiger partial charge on any atom is -0.480 e. The van der Waals surface area contributed by atoms with Crippen molar-refractivity contribution in [3.8, 4) is 0 Å². The van der Waals surface area contributed by atoms with Crippen LogP contribution in [0.15, 0.2) is 0 Å². The summed E-state index contributed by atoms with van der Waals surface area (Å²) in [6, 6.07) is 0. The summed E-state index contributed by atoms with van der Waals surface area (Å²) in [4.78, 5) is 24.5. The number of hydrogen-bond acceptors (Lipinski definition) is 5. The summed E-state index contributed by atoms with van der Waals surface area (Å²) < 4.78 is 5.27. The van der Waals surface area contributed by atoms with E-state index in [1.807, 2.05) is 0 Å². The molecule has 0 aliphatic carbocycles. The lowest BCUT2D eigenvalue weighted by atomic mass is 9.87. The van der Waals surface area contributed by atoms with E-state index in [4.69, 9.17) is 9.84 Å². The van der Waals surface area contributed by atoms with Crippen LogP contribution >= 0.6 is 0 Å². The first-order valence-electron chi connectivity index (χ1n) is 6.74. The fourth-order valence-corrected chi connectivity index (χ4v) is 2.28. The first kappa shape index (κ1) is 16.7. The third-order valence-electron chi connectivity index (χ3n) is 3.31. The van der Waals surface area contributed by atoms with Crippen LogP contribution in [0.3, 0.4) is 0 Å². The Bertz CT molecular complexity index is 358. The van der Waals surface area contributed by atoms with Crippen LogP contribution in [0.4, 0.5) is 4.79 Å². The van der Waals surface area contributed by atoms with Gasteiger partial charge in [0, 0.05) is 0 Å². The van der Waals surface area contributed by atoms with Crippen LogP contribution in [0.5, 0.6) is 0 Å². The van der Waals surface area contributed by atoms with Gasteiger partial charge >= 0.3 is 12.1 Å². The van der Waals surface area contributed by atoms with Crippen LogP contribution in [-0.2, 0) is 9.53 Å². The van der Waals surface area contributed by atoms with Crippen LogP contribution in [0.25, 0.3) is 0 Å². The first-order valence-corrected chi connectivity index (χ1v) is 6.74. The Kier molecular flexibility index (Phi) is 5.35. The van der Waals surface area contributed by atoms with E-state index < -0.39 is 29.7 Å². The van der Waals surface area contributed by atoms with Crippen molar-refractivity contribution in [2.75, 3.05) is 26.2 Å². The largest absolute Gasteiger partial charge is 0.480 e. The summed E-state index contributed by atoms with van der Waals surface area (Å²) in [5.74, 6) is -1.12. The van der Waals surface area contributed by atoms with Gasteiger partial charge in [0.25, 0.3) is 0 Å². The lowest BCUT2D eigenvalue weighted by Gasteiger charge is -2.44. The maximum absolute atomic E-state index is 12.3. The molecule has 0 aromatic heterocycles. The number of carboxylic acids is 1. The molecule has 0 spiro atoms. The van der Waals surface area contributed by atoms with Crippen molar-refractivity contribution in [2.24, 2.45) is 0 Å². The molecular formula is C13H24N2O5. The molecular weight excluding hydrogens is 264 g/mol. The van der Waals surface area contributed by atoms with Crippen molar-refractivity contribution in [1.82, 2.24) is 10.2 Å². The minimum absolute atomic E-state index is 0.277. The van der Waals surface area contributed by atoms with Crippen molar-refractivity contribution >= 4 is 12.1 Å². The van der Waals surface area contributed by atoms with Gasteiger partial charge in [-0.3, -0.25) is 9.69 Å². The van der Waals surface area contributed by atoms with Crippen molar-refractivity contribution in [3.63, 3.8) is 0 Å². The van der Waals surface area contributed by atoms with Gasteiger partial charge in [0.05, 0.1) is 12.1 Å². The van der Waals surface area contributed by atoms with E-state index in [1.54, 1.807) is 20.8 Å². The second kappa shape index (κ2) is 6.41. The molecule has 0 atom stereocenters. The van der Waals surface area contributed by atoms with E-state index in [1.165, 1.54) is 0 Å². The molecule has 7 heteroatoms. The number of carbonyl (C=O) groups excluding carboxylic acids is 1. The van der Waals surface area contributed by atoms with Gasteiger partial charge in [-0.25, -0.2) is 4.79 Å². The van der Waals surface area contributed by atoms with Crippen LogP contribution in [0.2, 0.25) is 0 Å². The standard InChI is InChI=1S/C13H24N2O5/c1-12(2,3)20-11(19)15(8-10(17)18)13(9-16)4-6-14-7-5-13/h14,16H,4-9H2,1-3H3,(H,17,18). The van der Waals surface area contributed by atoms with Gasteiger partial charge in [-0.1, -0.05) is 0 Å². The first-order chi connectivity index (χ1) is 9.20. The highest BCUT2D eigenvalue weighted by Gasteiger charge is 2.43. The third-order valence-corrected chi connectivity index (χ3v) is 3.31. The van der Waals surface area contributed by atoms with Gasteiger partial charge in [-0.15, -0.1) is 0 Å². The fourth-order valence-electron chi connectivity index (χ4n) is 2.28. The molecule has 1 saturated heterocycles. The number of nitrogens with one attached hydrogen (secondary N) is 1. The number of rotatable bonds is 4. The number of carbonyl (C=O) groups is 2. The highest BCUT2D eigenvalue weighted by atomic mass is 16.6. The smallest absolute Gasteiger partial charge is 0.411 e.